The van der Waals surface area contributed by atoms with E-state index in [4.69, 9.17) is 4.74 Å². The molecule has 0 saturated heterocycles. The van der Waals surface area contributed by atoms with E-state index in [0.717, 1.165) is 24.9 Å². The Morgan fingerprint density at radius 2 is 2.00 bits per heavy atom. The lowest BCUT2D eigenvalue weighted by Gasteiger charge is -2.19. The fourth-order valence-electron chi connectivity index (χ4n) is 1.54. The Labute approximate surface area is 98.1 Å². The third kappa shape index (κ3) is 5.95. The summed E-state index contributed by atoms with van der Waals surface area (Å²) in [6, 6.07) is 0. The van der Waals surface area contributed by atoms with Gasteiger partial charge < -0.3 is 15.4 Å². The number of ether oxygens (including phenoxy) is 1. The fourth-order valence-corrected chi connectivity index (χ4v) is 1.54. The molecule has 0 bridgehead atoms. The lowest BCUT2D eigenvalue weighted by Crippen LogP contribution is -2.36. The average Bonchev–Trinajstić information content (AvgIpc) is 2.78. The first-order chi connectivity index (χ1) is 7.38. The van der Waals surface area contributed by atoms with Crippen LogP contribution in [0.25, 0.3) is 0 Å². The minimum absolute atomic E-state index is 0.339. The van der Waals surface area contributed by atoms with Gasteiger partial charge in [-0.2, -0.15) is 0 Å². The van der Waals surface area contributed by atoms with Gasteiger partial charge in [-0.1, -0.05) is 6.92 Å². The number of alkyl carbamates (subject to hydrolysis) is 1. The van der Waals surface area contributed by atoms with Crippen LogP contribution < -0.4 is 10.6 Å². The second-order valence-corrected chi connectivity index (χ2v) is 5.61. The zero-order valence-corrected chi connectivity index (χ0v) is 10.8. The van der Waals surface area contributed by atoms with Crippen molar-refractivity contribution in [1.82, 2.24) is 10.6 Å². The highest BCUT2D eigenvalue weighted by Crippen LogP contribution is 2.36. The maximum Gasteiger partial charge on any atom is 0.407 e. The minimum atomic E-state index is -0.416. The molecule has 1 aliphatic rings. The Hall–Kier alpha value is -0.770. The van der Waals surface area contributed by atoms with Crippen LogP contribution in [0.2, 0.25) is 0 Å². The van der Waals surface area contributed by atoms with Crippen molar-refractivity contribution in [2.75, 3.05) is 19.6 Å². The van der Waals surface area contributed by atoms with Crippen LogP contribution in [0.4, 0.5) is 4.79 Å². The highest BCUT2D eigenvalue weighted by molar-refractivity contribution is 5.67. The standard InChI is InChI=1S/C12H24N2O2/c1-9-7-10(9)8-13-5-6-14-11(15)16-12(2,3)4/h9-10,13H,5-8H2,1-4H3,(H,14,15). The van der Waals surface area contributed by atoms with Crippen molar-refractivity contribution in [3.63, 3.8) is 0 Å². The van der Waals surface area contributed by atoms with Crippen LogP contribution in [0.3, 0.4) is 0 Å². The summed E-state index contributed by atoms with van der Waals surface area (Å²) >= 11 is 0. The van der Waals surface area contributed by atoms with Crippen LogP contribution in [0.1, 0.15) is 34.1 Å². The SMILES string of the molecule is CC1CC1CNCCNC(=O)OC(C)(C)C. The molecular formula is C12H24N2O2. The van der Waals surface area contributed by atoms with Gasteiger partial charge in [0.05, 0.1) is 0 Å². The summed E-state index contributed by atoms with van der Waals surface area (Å²) in [5.74, 6) is 1.73. The van der Waals surface area contributed by atoms with Crippen molar-refractivity contribution >= 4 is 6.09 Å². The Balaban J connectivity index is 1.92. The summed E-state index contributed by atoms with van der Waals surface area (Å²) in [6.45, 7) is 10.3. The smallest absolute Gasteiger partial charge is 0.407 e. The third-order valence-corrected chi connectivity index (χ3v) is 2.65. The molecule has 1 saturated carbocycles. The minimum Gasteiger partial charge on any atom is -0.444 e. The van der Waals surface area contributed by atoms with E-state index in [1.165, 1.54) is 6.42 Å². The molecule has 2 atom stereocenters. The van der Waals surface area contributed by atoms with E-state index < -0.39 is 5.60 Å². The lowest BCUT2D eigenvalue weighted by molar-refractivity contribution is 0.0528. The van der Waals surface area contributed by atoms with E-state index in [2.05, 4.69) is 17.6 Å². The second kappa shape index (κ2) is 5.53. The van der Waals surface area contributed by atoms with Crippen molar-refractivity contribution in [2.24, 2.45) is 11.8 Å². The molecule has 0 aliphatic heterocycles. The van der Waals surface area contributed by atoms with Gasteiger partial charge in [-0.3, -0.25) is 0 Å². The highest BCUT2D eigenvalue weighted by Gasteiger charge is 2.31. The molecule has 1 amide bonds. The molecule has 0 heterocycles. The van der Waals surface area contributed by atoms with Gasteiger partial charge in [-0.15, -0.1) is 0 Å². The molecule has 2 unspecified atom stereocenters. The predicted octanol–water partition coefficient (Wildman–Crippen LogP) is 1.76. The van der Waals surface area contributed by atoms with E-state index in [1.807, 2.05) is 20.8 Å². The summed E-state index contributed by atoms with van der Waals surface area (Å²) in [6.07, 6.45) is 1.00. The molecule has 0 aromatic heterocycles. The lowest BCUT2D eigenvalue weighted by atomic mass is 10.2. The quantitative estimate of drug-likeness (QED) is 0.705. The Morgan fingerprint density at radius 3 is 2.50 bits per heavy atom. The van der Waals surface area contributed by atoms with Gasteiger partial charge in [-0.25, -0.2) is 4.79 Å². The molecule has 1 fully saturated rings. The van der Waals surface area contributed by atoms with E-state index in [-0.39, 0.29) is 6.09 Å². The number of carbonyl (C=O) groups is 1. The molecule has 0 spiro atoms. The van der Waals surface area contributed by atoms with Crippen LogP contribution in [-0.2, 0) is 4.74 Å². The van der Waals surface area contributed by atoms with E-state index >= 15 is 0 Å². The van der Waals surface area contributed by atoms with E-state index in [9.17, 15) is 4.79 Å². The van der Waals surface area contributed by atoms with Gasteiger partial charge in [-0.05, 0) is 45.6 Å². The molecule has 0 aromatic carbocycles. The Bertz CT molecular complexity index is 236. The maximum absolute atomic E-state index is 11.3. The normalized spacial score (nSPS) is 24.0. The van der Waals surface area contributed by atoms with Crippen LogP contribution in [-0.4, -0.2) is 31.3 Å². The first kappa shape index (κ1) is 13.3. The maximum atomic E-state index is 11.3. The van der Waals surface area contributed by atoms with E-state index in [1.54, 1.807) is 0 Å². The molecule has 4 heteroatoms. The number of nitrogens with one attached hydrogen (secondary N) is 2. The van der Waals surface area contributed by atoms with Crippen LogP contribution in [0, 0.1) is 11.8 Å². The first-order valence-corrected chi connectivity index (χ1v) is 6.06. The summed E-state index contributed by atoms with van der Waals surface area (Å²) in [7, 11) is 0. The van der Waals surface area contributed by atoms with Crippen molar-refractivity contribution in [3.05, 3.63) is 0 Å². The summed E-state index contributed by atoms with van der Waals surface area (Å²) < 4.78 is 5.12. The van der Waals surface area contributed by atoms with Gasteiger partial charge in [0.15, 0.2) is 0 Å². The number of hydrogen-bond donors (Lipinski definition) is 2. The molecule has 1 aliphatic carbocycles. The third-order valence-electron chi connectivity index (χ3n) is 2.65. The molecule has 0 aromatic rings. The van der Waals surface area contributed by atoms with Gasteiger partial charge in [0.2, 0.25) is 0 Å². The van der Waals surface area contributed by atoms with Crippen molar-refractivity contribution in [2.45, 2.75) is 39.7 Å². The molecule has 1 rings (SSSR count). The second-order valence-electron chi connectivity index (χ2n) is 5.61. The molecule has 16 heavy (non-hydrogen) atoms. The summed E-state index contributed by atoms with van der Waals surface area (Å²) in [5.41, 5.74) is -0.416. The highest BCUT2D eigenvalue weighted by atomic mass is 16.6. The van der Waals surface area contributed by atoms with Crippen molar-refractivity contribution in [1.29, 1.82) is 0 Å². The molecule has 4 nitrogen and oxygen atoms in total. The number of carbonyl (C=O) groups excluding carboxylic acids is 1. The van der Waals surface area contributed by atoms with Crippen molar-refractivity contribution in [3.8, 4) is 0 Å². The topological polar surface area (TPSA) is 50.4 Å². The average molecular weight is 228 g/mol. The van der Waals surface area contributed by atoms with Gasteiger partial charge in [0.25, 0.3) is 0 Å². The van der Waals surface area contributed by atoms with Crippen LogP contribution in [0.5, 0.6) is 0 Å². The fraction of sp³-hybridized carbons (Fsp3) is 0.917. The van der Waals surface area contributed by atoms with E-state index in [0.29, 0.717) is 6.54 Å². The Morgan fingerprint density at radius 1 is 1.38 bits per heavy atom. The van der Waals surface area contributed by atoms with Crippen LogP contribution >= 0.6 is 0 Å². The summed E-state index contributed by atoms with van der Waals surface area (Å²) in [4.78, 5) is 11.3. The molecule has 2 N–H and O–H groups in total. The van der Waals surface area contributed by atoms with Gasteiger partial charge >= 0.3 is 6.09 Å². The van der Waals surface area contributed by atoms with Crippen LogP contribution in [0.15, 0.2) is 0 Å². The van der Waals surface area contributed by atoms with Gasteiger partial charge in [0.1, 0.15) is 5.60 Å². The summed E-state index contributed by atoms with van der Waals surface area (Å²) in [5, 5.41) is 6.05. The monoisotopic (exact) mass is 228 g/mol. The molecule has 94 valence electrons. The molecular weight excluding hydrogens is 204 g/mol. The largest absolute Gasteiger partial charge is 0.444 e. The zero-order valence-electron chi connectivity index (χ0n) is 10.8. The first-order valence-electron chi connectivity index (χ1n) is 6.06. The number of rotatable bonds is 5. The zero-order chi connectivity index (χ0) is 12.2. The van der Waals surface area contributed by atoms with Gasteiger partial charge in [0, 0.05) is 13.1 Å². The number of amides is 1. The Kier molecular flexibility index (Phi) is 4.59. The van der Waals surface area contributed by atoms with Crippen molar-refractivity contribution < 1.29 is 9.53 Å². The predicted molar refractivity (Wildman–Crippen MR) is 64.4 cm³/mol. The number of hydrogen-bond acceptors (Lipinski definition) is 3. The molecule has 0 radical (unpaired) electrons.